The minimum atomic E-state index is 0.239. The predicted molar refractivity (Wildman–Crippen MR) is 68.3 cm³/mol. The molecule has 0 aliphatic carbocycles. The van der Waals surface area contributed by atoms with E-state index in [1.807, 2.05) is 0 Å². The highest BCUT2D eigenvalue weighted by Crippen LogP contribution is 2.29. The Kier molecular flexibility index (Phi) is 3.04. The lowest BCUT2D eigenvalue weighted by Crippen LogP contribution is -2.37. The van der Waals surface area contributed by atoms with Crippen LogP contribution in [0.15, 0.2) is 24.3 Å². The lowest BCUT2D eigenvalue weighted by molar-refractivity contribution is 0.166. The maximum absolute atomic E-state index is 6.04. The zero-order valence-corrected chi connectivity index (χ0v) is 10.5. The van der Waals surface area contributed by atoms with Crippen molar-refractivity contribution in [3.05, 3.63) is 35.4 Å². The first-order valence-electron chi connectivity index (χ1n) is 6.03. The molecular weight excluding hydrogens is 196 g/mol. The van der Waals surface area contributed by atoms with Gasteiger partial charge in [0.1, 0.15) is 0 Å². The molecule has 1 atom stereocenters. The summed E-state index contributed by atoms with van der Waals surface area (Å²) in [6.07, 6.45) is 1.10. The quantitative estimate of drug-likeness (QED) is 0.825. The molecule has 16 heavy (non-hydrogen) atoms. The summed E-state index contributed by atoms with van der Waals surface area (Å²) >= 11 is 0. The SMILES string of the molecule is Cc1cccc(CN2CC(N)CC2(C)C)c1. The highest BCUT2D eigenvalue weighted by molar-refractivity contribution is 5.22. The minimum Gasteiger partial charge on any atom is -0.326 e. The summed E-state index contributed by atoms with van der Waals surface area (Å²) in [6, 6.07) is 9.07. The van der Waals surface area contributed by atoms with Crippen LogP contribution in [0.4, 0.5) is 0 Å². The van der Waals surface area contributed by atoms with Gasteiger partial charge in [0, 0.05) is 24.7 Å². The summed E-state index contributed by atoms with van der Waals surface area (Å²) in [4.78, 5) is 2.49. The highest BCUT2D eigenvalue weighted by atomic mass is 15.2. The van der Waals surface area contributed by atoms with Crippen LogP contribution in [0.2, 0.25) is 0 Å². The van der Waals surface area contributed by atoms with Crippen molar-refractivity contribution in [2.24, 2.45) is 5.73 Å². The van der Waals surface area contributed by atoms with Crippen molar-refractivity contribution in [1.29, 1.82) is 0 Å². The first-order valence-corrected chi connectivity index (χ1v) is 6.03. The zero-order valence-electron chi connectivity index (χ0n) is 10.5. The molecule has 0 bridgehead atoms. The molecule has 2 N–H and O–H groups in total. The van der Waals surface area contributed by atoms with Crippen molar-refractivity contribution >= 4 is 0 Å². The Morgan fingerprint density at radius 3 is 2.75 bits per heavy atom. The van der Waals surface area contributed by atoms with Crippen LogP contribution < -0.4 is 5.73 Å². The molecule has 0 aromatic heterocycles. The highest BCUT2D eigenvalue weighted by Gasteiger charge is 2.36. The molecule has 1 aliphatic heterocycles. The monoisotopic (exact) mass is 218 g/mol. The topological polar surface area (TPSA) is 29.3 Å². The van der Waals surface area contributed by atoms with E-state index in [4.69, 9.17) is 5.73 Å². The number of rotatable bonds is 2. The van der Waals surface area contributed by atoms with Crippen LogP contribution in [-0.2, 0) is 6.54 Å². The molecular formula is C14H22N2. The van der Waals surface area contributed by atoms with E-state index < -0.39 is 0 Å². The summed E-state index contributed by atoms with van der Waals surface area (Å²) in [6.45, 7) is 8.75. The molecule has 1 aromatic rings. The van der Waals surface area contributed by atoms with Crippen LogP contribution in [0.5, 0.6) is 0 Å². The van der Waals surface area contributed by atoms with E-state index in [0.717, 1.165) is 19.5 Å². The fraction of sp³-hybridized carbons (Fsp3) is 0.571. The maximum atomic E-state index is 6.04. The molecule has 0 spiro atoms. The molecule has 1 unspecified atom stereocenters. The number of nitrogens with two attached hydrogens (primary N) is 1. The number of aryl methyl sites for hydroxylation is 1. The van der Waals surface area contributed by atoms with Gasteiger partial charge in [-0.25, -0.2) is 0 Å². The largest absolute Gasteiger partial charge is 0.326 e. The van der Waals surface area contributed by atoms with Crippen molar-refractivity contribution < 1.29 is 0 Å². The van der Waals surface area contributed by atoms with Crippen molar-refractivity contribution in [1.82, 2.24) is 4.90 Å². The van der Waals surface area contributed by atoms with Gasteiger partial charge in [-0.1, -0.05) is 29.8 Å². The van der Waals surface area contributed by atoms with Crippen LogP contribution >= 0.6 is 0 Å². The van der Waals surface area contributed by atoms with Crippen LogP contribution in [0.25, 0.3) is 0 Å². The van der Waals surface area contributed by atoms with Crippen LogP contribution in [0, 0.1) is 6.92 Å². The zero-order chi connectivity index (χ0) is 11.8. The van der Waals surface area contributed by atoms with Crippen LogP contribution in [0.3, 0.4) is 0 Å². The number of likely N-dealkylation sites (tertiary alicyclic amines) is 1. The second-order valence-corrected chi connectivity index (χ2v) is 5.65. The molecule has 1 saturated heterocycles. The van der Waals surface area contributed by atoms with Gasteiger partial charge in [-0.05, 0) is 32.8 Å². The number of hydrogen-bond acceptors (Lipinski definition) is 2. The van der Waals surface area contributed by atoms with Crippen molar-refractivity contribution in [2.75, 3.05) is 6.54 Å². The standard InChI is InChI=1S/C14H22N2/c1-11-5-4-6-12(7-11)9-16-10-13(15)8-14(16,2)3/h4-7,13H,8-10,15H2,1-3H3. The van der Waals surface area contributed by atoms with Gasteiger partial charge in [-0.3, -0.25) is 4.90 Å². The average molecular weight is 218 g/mol. The summed E-state index contributed by atoms with van der Waals surface area (Å²) < 4.78 is 0. The Hall–Kier alpha value is -0.860. The summed E-state index contributed by atoms with van der Waals surface area (Å²) in [5.74, 6) is 0. The van der Waals surface area contributed by atoms with Gasteiger partial charge in [0.05, 0.1) is 0 Å². The fourth-order valence-electron chi connectivity index (χ4n) is 2.67. The predicted octanol–water partition coefficient (Wildman–Crippen LogP) is 2.31. The first kappa shape index (κ1) is 11.6. The third-order valence-electron chi connectivity index (χ3n) is 3.53. The van der Waals surface area contributed by atoms with Crippen molar-refractivity contribution in [3.63, 3.8) is 0 Å². The Labute approximate surface area is 98.4 Å². The third kappa shape index (κ3) is 2.45. The molecule has 2 heteroatoms. The summed E-state index contributed by atoms with van der Waals surface area (Å²) in [7, 11) is 0. The van der Waals surface area contributed by atoms with E-state index in [-0.39, 0.29) is 5.54 Å². The third-order valence-corrected chi connectivity index (χ3v) is 3.53. The van der Waals surface area contributed by atoms with Crippen LogP contribution in [-0.4, -0.2) is 23.0 Å². The van der Waals surface area contributed by atoms with Crippen molar-refractivity contribution in [2.45, 2.75) is 45.3 Å². The number of benzene rings is 1. The Balaban J connectivity index is 2.10. The van der Waals surface area contributed by atoms with Gasteiger partial charge in [0.25, 0.3) is 0 Å². The minimum absolute atomic E-state index is 0.239. The average Bonchev–Trinajstić information content (AvgIpc) is 2.39. The van der Waals surface area contributed by atoms with E-state index in [1.54, 1.807) is 0 Å². The van der Waals surface area contributed by atoms with Gasteiger partial charge in [0.15, 0.2) is 0 Å². The molecule has 0 radical (unpaired) electrons. The molecule has 1 aliphatic rings. The molecule has 1 aromatic carbocycles. The van der Waals surface area contributed by atoms with Crippen LogP contribution in [0.1, 0.15) is 31.4 Å². The number of nitrogens with zero attached hydrogens (tertiary/aromatic N) is 1. The van der Waals surface area contributed by atoms with Gasteiger partial charge in [0.2, 0.25) is 0 Å². The normalized spacial score (nSPS) is 24.9. The van der Waals surface area contributed by atoms with Gasteiger partial charge < -0.3 is 5.73 Å². The Morgan fingerprint density at radius 1 is 1.44 bits per heavy atom. The Morgan fingerprint density at radius 2 is 2.19 bits per heavy atom. The molecule has 1 fully saturated rings. The van der Waals surface area contributed by atoms with E-state index in [0.29, 0.717) is 6.04 Å². The first-order chi connectivity index (χ1) is 7.47. The van der Waals surface area contributed by atoms with E-state index >= 15 is 0 Å². The summed E-state index contributed by atoms with van der Waals surface area (Å²) in [5, 5.41) is 0. The molecule has 0 amide bonds. The Bertz CT molecular complexity index is 371. The van der Waals surface area contributed by atoms with Crippen molar-refractivity contribution in [3.8, 4) is 0 Å². The maximum Gasteiger partial charge on any atom is 0.0239 e. The molecule has 1 heterocycles. The van der Waals surface area contributed by atoms with Gasteiger partial charge >= 0.3 is 0 Å². The summed E-state index contributed by atoms with van der Waals surface area (Å²) in [5.41, 5.74) is 9.01. The van der Waals surface area contributed by atoms with Gasteiger partial charge in [-0.15, -0.1) is 0 Å². The lowest BCUT2D eigenvalue weighted by atomic mass is 10.00. The fourth-order valence-corrected chi connectivity index (χ4v) is 2.67. The van der Waals surface area contributed by atoms with E-state index in [2.05, 4.69) is 49.9 Å². The number of hydrogen-bond donors (Lipinski definition) is 1. The molecule has 0 saturated carbocycles. The van der Waals surface area contributed by atoms with E-state index in [9.17, 15) is 0 Å². The van der Waals surface area contributed by atoms with Gasteiger partial charge in [-0.2, -0.15) is 0 Å². The molecule has 88 valence electrons. The molecule has 2 nitrogen and oxygen atoms in total. The van der Waals surface area contributed by atoms with E-state index in [1.165, 1.54) is 11.1 Å². The second-order valence-electron chi connectivity index (χ2n) is 5.65. The lowest BCUT2D eigenvalue weighted by Gasteiger charge is -2.31. The molecule has 2 rings (SSSR count). The smallest absolute Gasteiger partial charge is 0.0239 e. The second kappa shape index (κ2) is 4.19.